The van der Waals surface area contributed by atoms with Gasteiger partial charge in [0.25, 0.3) is 5.89 Å². The molecule has 1 fully saturated rings. The van der Waals surface area contributed by atoms with Crippen LogP contribution < -0.4 is 0 Å². The Morgan fingerprint density at radius 1 is 1.33 bits per heavy atom. The van der Waals surface area contributed by atoms with Crippen molar-refractivity contribution in [3.63, 3.8) is 0 Å². The molecule has 0 bridgehead atoms. The van der Waals surface area contributed by atoms with E-state index in [0.29, 0.717) is 24.5 Å². The molecule has 1 atom stereocenters. The van der Waals surface area contributed by atoms with Crippen LogP contribution in [0.5, 0.6) is 0 Å². The van der Waals surface area contributed by atoms with Crippen molar-refractivity contribution in [2.45, 2.75) is 46.0 Å². The molecule has 1 saturated heterocycles. The SMILES string of the molecule is C=C(CF)/C(F)=C\C=C(/C)C(=O)N1CCCC[C@H](c2noc(-c3ccncc3F)n2)C1.CC. The highest BCUT2D eigenvalue weighted by molar-refractivity contribution is 5.93. The number of alkyl halides is 1. The minimum absolute atomic E-state index is 0.0572. The Morgan fingerprint density at radius 2 is 2.09 bits per heavy atom. The van der Waals surface area contributed by atoms with Crippen molar-refractivity contribution in [3.8, 4) is 11.5 Å². The topological polar surface area (TPSA) is 72.1 Å². The van der Waals surface area contributed by atoms with Gasteiger partial charge < -0.3 is 9.42 Å². The number of carbonyl (C=O) groups is 1. The predicted octanol–water partition coefficient (Wildman–Crippen LogP) is 5.72. The lowest BCUT2D eigenvalue weighted by atomic mass is 10.0. The fourth-order valence-corrected chi connectivity index (χ4v) is 3.30. The number of rotatable bonds is 6. The van der Waals surface area contributed by atoms with Crippen LogP contribution in [0.2, 0.25) is 0 Å². The number of hydrogen-bond donors (Lipinski definition) is 0. The Balaban J connectivity index is 0.00000187. The molecule has 33 heavy (non-hydrogen) atoms. The second kappa shape index (κ2) is 12.7. The third-order valence-electron chi connectivity index (χ3n) is 5.08. The van der Waals surface area contributed by atoms with Crippen LogP contribution >= 0.6 is 0 Å². The van der Waals surface area contributed by atoms with E-state index in [2.05, 4.69) is 21.7 Å². The summed E-state index contributed by atoms with van der Waals surface area (Å²) in [6.45, 7) is 8.75. The lowest BCUT2D eigenvalue weighted by molar-refractivity contribution is -0.127. The van der Waals surface area contributed by atoms with Crippen molar-refractivity contribution >= 4 is 5.91 Å². The molecule has 1 amide bonds. The van der Waals surface area contributed by atoms with Gasteiger partial charge in [-0.1, -0.05) is 38.1 Å². The quantitative estimate of drug-likeness (QED) is 0.406. The van der Waals surface area contributed by atoms with Gasteiger partial charge in [0.15, 0.2) is 11.6 Å². The van der Waals surface area contributed by atoms with Gasteiger partial charge in [-0.15, -0.1) is 0 Å². The van der Waals surface area contributed by atoms with Crippen LogP contribution in [0, 0.1) is 5.82 Å². The van der Waals surface area contributed by atoms with Crippen LogP contribution in [0.15, 0.2) is 58.7 Å². The van der Waals surface area contributed by atoms with Gasteiger partial charge in [0.1, 0.15) is 12.5 Å². The zero-order valence-corrected chi connectivity index (χ0v) is 19.2. The van der Waals surface area contributed by atoms with Gasteiger partial charge in [-0.2, -0.15) is 4.98 Å². The molecule has 2 aromatic heterocycles. The third kappa shape index (κ3) is 6.87. The molecule has 0 unspecified atom stereocenters. The summed E-state index contributed by atoms with van der Waals surface area (Å²) in [7, 11) is 0. The molecular formula is C24H29F3N4O2. The molecule has 2 aromatic rings. The first kappa shape index (κ1) is 26.0. The minimum atomic E-state index is -0.993. The van der Waals surface area contributed by atoms with Crippen LogP contribution in [0.3, 0.4) is 0 Å². The number of nitrogens with zero attached hydrogens (tertiary/aromatic N) is 4. The molecule has 0 aliphatic carbocycles. The first-order chi connectivity index (χ1) is 15.9. The van der Waals surface area contributed by atoms with Gasteiger partial charge in [0.05, 0.1) is 11.8 Å². The molecule has 1 aliphatic heterocycles. The van der Waals surface area contributed by atoms with Gasteiger partial charge in [-0.3, -0.25) is 9.78 Å². The highest BCUT2D eigenvalue weighted by Crippen LogP contribution is 2.28. The monoisotopic (exact) mass is 462 g/mol. The molecule has 0 N–H and O–H groups in total. The van der Waals surface area contributed by atoms with Crippen LogP contribution in [0.25, 0.3) is 11.5 Å². The molecule has 0 radical (unpaired) electrons. The summed E-state index contributed by atoms with van der Waals surface area (Å²) in [5, 5.41) is 4.00. The lowest BCUT2D eigenvalue weighted by Crippen LogP contribution is -2.34. The number of aromatic nitrogens is 3. The maximum absolute atomic E-state index is 13.9. The molecule has 0 spiro atoms. The van der Waals surface area contributed by atoms with Crippen molar-refractivity contribution in [3.05, 3.63) is 65.8 Å². The zero-order valence-electron chi connectivity index (χ0n) is 19.2. The predicted molar refractivity (Wildman–Crippen MR) is 120 cm³/mol. The molecule has 178 valence electrons. The lowest BCUT2D eigenvalue weighted by Gasteiger charge is -2.23. The highest BCUT2D eigenvalue weighted by atomic mass is 19.1. The summed E-state index contributed by atoms with van der Waals surface area (Å²) in [6.07, 6.45) is 7.26. The van der Waals surface area contributed by atoms with Crippen molar-refractivity contribution in [2.75, 3.05) is 19.8 Å². The number of halogens is 3. The second-order valence-corrected chi connectivity index (χ2v) is 7.36. The molecule has 9 heteroatoms. The fraction of sp³-hybridized carbons (Fsp3) is 0.417. The standard InChI is InChI=1S/C22H23F3N4O2.C2H6/c1-14(6-7-18(24)15(2)11-23)22(30)29-10-4-3-5-16(13-29)20-27-21(31-28-20)17-8-9-26-12-19(17)25;1-2/h6-9,12,16H,2-5,10-11,13H2,1H3;1-2H3/b14-6+,18-7+;/t16-;/m0./s1. The average molecular weight is 463 g/mol. The molecular weight excluding hydrogens is 433 g/mol. The fourth-order valence-electron chi connectivity index (χ4n) is 3.30. The zero-order chi connectivity index (χ0) is 24.4. The first-order valence-corrected chi connectivity index (χ1v) is 10.9. The molecule has 1 aliphatic rings. The Bertz CT molecular complexity index is 1020. The van der Waals surface area contributed by atoms with Gasteiger partial charge in [-0.05, 0) is 31.9 Å². The number of allylic oxidation sites excluding steroid dienone is 4. The molecule has 3 rings (SSSR count). The van der Waals surface area contributed by atoms with E-state index < -0.39 is 18.3 Å². The van der Waals surface area contributed by atoms with Gasteiger partial charge in [0, 0.05) is 36.4 Å². The smallest absolute Gasteiger partial charge is 0.261 e. The molecule has 3 heterocycles. The number of hydrogen-bond acceptors (Lipinski definition) is 5. The number of pyridine rings is 1. The van der Waals surface area contributed by atoms with Gasteiger partial charge in [0.2, 0.25) is 5.91 Å². The third-order valence-corrected chi connectivity index (χ3v) is 5.08. The highest BCUT2D eigenvalue weighted by Gasteiger charge is 2.27. The molecule has 0 aromatic carbocycles. The Kier molecular flexibility index (Phi) is 10.0. The average Bonchev–Trinajstić information content (AvgIpc) is 3.20. The Labute approximate surface area is 191 Å². The minimum Gasteiger partial charge on any atom is -0.338 e. The summed E-state index contributed by atoms with van der Waals surface area (Å²) in [6, 6.07) is 1.45. The number of carbonyl (C=O) groups excluding carboxylic acids is 1. The van der Waals surface area contributed by atoms with Crippen LogP contribution in [0.1, 0.15) is 51.8 Å². The van der Waals surface area contributed by atoms with Gasteiger partial charge in [-0.25, -0.2) is 13.2 Å². The maximum atomic E-state index is 13.9. The van der Waals surface area contributed by atoms with E-state index in [4.69, 9.17) is 4.52 Å². The van der Waals surface area contributed by atoms with E-state index in [1.165, 1.54) is 18.3 Å². The summed E-state index contributed by atoms with van der Waals surface area (Å²) in [5.41, 5.74) is 0.206. The van der Waals surface area contributed by atoms with E-state index >= 15 is 0 Å². The summed E-state index contributed by atoms with van der Waals surface area (Å²) in [4.78, 5) is 22.5. The van der Waals surface area contributed by atoms with Crippen LogP contribution in [0.4, 0.5) is 13.2 Å². The van der Waals surface area contributed by atoms with Crippen molar-refractivity contribution in [2.24, 2.45) is 0 Å². The Morgan fingerprint density at radius 3 is 2.79 bits per heavy atom. The summed E-state index contributed by atoms with van der Waals surface area (Å²) in [5.74, 6) is -1.34. The largest absolute Gasteiger partial charge is 0.338 e. The summed E-state index contributed by atoms with van der Waals surface area (Å²) < 4.78 is 45.3. The van der Waals surface area contributed by atoms with Crippen molar-refractivity contribution in [1.82, 2.24) is 20.0 Å². The van der Waals surface area contributed by atoms with E-state index in [1.807, 2.05) is 13.8 Å². The number of amides is 1. The normalized spacial score (nSPS) is 17.2. The van der Waals surface area contributed by atoms with Crippen LogP contribution in [-0.2, 0) is 4.79 Å². The molecule has 6 nitrogen and oxygen atoms in total. The second-order valence-electron chi connectivity index (χ2n) is 7.36. The van der Waals surface area contributed by atoms with Crippen LogP contribution in [-0.4, -0.2) is 45.7 Å². The molecule has 0 saturated carbocycles. The van der Waals surface area contributed by atoms with E-state index in [9.17, 15) is 18.0 Å². The van der Waals surface area contributed by atoms with E-state index in [-0.39, 0.29) is 28.9 Å². The Hall–Kier alpha value is -3.23. The van der Waals surface area contributed by atoms with Crippen molar-refractivity contribution < 1.29 is 22.5 Å². The number of likely N-dealkylation sites (tertiary alicyclic amines) is 1. The maximum Gasteiger partial charge on any atom is 0.261 e. The van der Waals surface area contributed by atoms with E-state index in [1.54, 1.807) is 11.8 Å². The summed E-state index contributed by atoms with van der Waals surface area (Å²) >= 11 is 0. The van der Waals surface area contributed by atoms with Gasteiger partial charge >= 0.3 is 0 Å². The first-order valence-electron chi connectivity index (χ1n) is 10.9. The van der Waals surface area contributed by atoms with Crippen molar-refractivity contribution in [1.29, 1.82) is 0 Å². The van der Waals surface area contributed by atoms with E-state index in [0.717, 1.165) is 31.5 Å².